The number of carbonyl (C=O) groups is 1. The van der Waals surface area contributed by atoms with Gasteiger partial charge in [-0.3, -0.25) is 14.2 Å². The van der Waals surface area contributed by atoms with Crippen molar-refractivity contribution in [3.05, 3.63) is 93.9 Å². The number of aromatic nitrogens is 3. The van der Waals surface area contributed by atoms with E-state index in [-0.39, 0.29) is 17.4 Å². The number of amides is 1. The second-order valence-electron chi connectivity index (χ2n) is 8.42. The molecule has 3 heterocycles. The molecule has 0 bridgehead atoms. The number of carbonyl (C=O) groups excluding carboxylic acids is 1. The summed E-state index contributed by atoms with van der Waals surface area (Å²) in [6.07, 6.45) is 2.96. The van der Waals surface area contributed by atoms with Gasteiger partial charge in [0.2, 0.25) is 5.91 Å². The number of fused-ring (bicyclic) bond motifs is 1. The highest BCUT2D eigenvalue weighted by molar-refractivity contribution is 6.30. The summed E-state index contributed by atoms with van der Waals surface area (Å²) in [6, 6.07) is 20.6. The Balaban J connectivity index is 1.36. The molecule has 2 aromatic carbocycles. The van der Waals surface area contributed by atoms with Crippen LogP contribution in [0, 0.1) is 5.92 Å². The average molecular weight is 474 g/mol. The highest BCUT2D eigenvalue weighted by Gasteiger charge is 2.28. The first-order chi connectivity index (χ1) is 16.6. The molecule has 1 saturated heterocycles. The lowest BCUT2D eigenvalue weighted by molar-refractivity contribution is -0.120. The van der Waals surface area contributed by atoms with E-state index in [2.05, 4.69) is 15.3 Å². The van der Waals surface area contributed by atoms with Gasteiger partial charge in [0, 0.05) is 35.9 Å². The van der Waals surface area contributed by atoms with E-state index in [0.29, 0.717) is 54.5 Å². The van der Waals surface area contributed by atoms with Crippen LogP contribution in [0.4, 0.5) is 11.5 Å². The number of nitrogens with zero attached hydrogens (tertiary/aromatic N) is 4. The molecule has 0 aliphatic carbocycles. The summed E-state index contributed by atoms with van der Waals surface area (Å²) in [5.74, 6) is 0.271. The molecule has 1 N–H and O–H groups in total. The second-order valence-corrected chi connectivity index (χ2v) is 8.85. The van der Waals surface area contributed by atoms with Gasteiger partial charge in [0.15, 0.2) is 11.5 Å². The van der Waals surface area contributed by atoms with Crippen LogP contribution in [-0.2, 0) is 11.3 Å². The molecular formula is C26H24ClN5O2. The lowest BCUT2D eigenvalue weighted by atomic mass is 9.96. The molecule has 5 rings (SSSR count). The molecule has 1 aliphatic rings. The lowest BCUT2D eigenvalue weighted by Gasteiger charge is -2.32. The van der Waals surface area contributed by atoms with Gasteiger partial charge in [-0.1, -0.05) is 41.9 Å². The first kappa shape index (κ1) is 22.1. The average Bonchev–Trinajstić information content (AvgIpc) is 2.87. The first-order valence-electron chi connectivity index (χ1n) is 11.3. The second kappa shape index (κ2) is 9.65. The van der Waals surface area contributed by atoms with E-state index in [0.717, 1.165) is 11.3 Å². The minimum absolute atomic E-state index is 0.0147. The standard InChI is InChI=1S/C26H24ClN5O2/c27-20-8-10-21(11-9-20)29-25(33)19-12-15-31(16-13-19)24-26(34)32(17-18-5-2-1-3-6-18)23-22(30-24)7-4-14-28-23/h1-11,14,19H,12-13,15-17H2,(H,29,33). The third kappa shape index (κ3) is 4.65. The van der Waals surface area contributed by atoms with Crippen molar-refractivity contribution < 1.29 is 4.79 Å². The predicted octanol–water partition coefficient (Wildman–Crippen LogP) is 4.35. The number of halogens is 1. The third-order valence-electron chi connectivity index (χ3n) is 6.15. The summed E-state index contributed by atoms with van der Waals surface area (Å²) >= 11 is 5.92. The Morgan fingerprint density at radius 1 is 1.00 bits per heavy atom. The molecule has 8 heteroatoms. The van der Waals surface area contributed by atoms with Crippen molar-refractivity contribution in [2.45, 2.75) is 19.4 Å². The van der Waals surface area contributed by atoms with E-state index in [4.69, 9.17) is 11.6 Å². The number of pyridine rings is 1. The minimum atomic E-state index is -0.167. The highest BCUT2D eigenvalue weighted by Crippen LogP contribution is 2.23. The van der Waals surface area contributed by atoms with Crippen molar-refractivity contribution in [2.24, 2.45) is 5.92 Å². The summed E-state index contributed by atoms with van der Waals surface area (Å²) in [7, 11) is 0. The van der Waals surface area contributed by atoms with Crippen LogP contribution in [-0.4, -0.2) is 33.5 Å². The fourth-order valence-corrected chi connectivity index (χ4v) is 4.44. The van der Waals surface area contributed by atoms with Gasteiger partial charge in [0.1, 0.15) is 5.52 Å². The van der Waals surface area contributed by atoms with Gasteiger partial charge in [-0.05, 0) is 54.8 Å². The van der Waals surface area contributed by atoms with Gasteiger partial charge < -0.3 is 10.2 Å². The molecule has 1 amide bonds. The Morgan fingerprint density at radius 3 is 2.47 bits per heavy atom. The summed E-state index contributed by atoms with van der Waals surface area (Å²) in [6.45, 7) is 1.58. The zero-order valence-electron chi connectivity index (χ0n) is 18.5. The normalized spacial score (nSPS) is 14.3. The Hall–Kier alpha value is -3.71. The van der Waals surface area contributed by atoms with Crippen molar-refractivity contribution >= 4 is 40.2 Å². The Bertz CT molecular complexity index is 1360. The van der Waals surface area contributed by atoms with Crippen molar-refractivity contribution in [2.75, 3.05) is 23.3 Å². The molecule has 0 radical (unpaired) electrons. The van der Waals surface area contributed by atoms with Gasteiger partial charge in [0.05, 0.1) is 6.54 Å². The number of rotatable bonds is 5. The van der Waals surface area contributed by atoms with Crippen molar-refractivity contribution in [1.82, 2.24) is 14.5 Å². The van der Waals surface area contributed by atoms with E-state index < -0.39 is 0 Å². The van der Waals surface area contributed by atoms with Crippen molar-refractivity contribution in [3.8, 4) is 0 Å². The number of piperidine rings is 1. The maximum atomic E-state index is 13.5. The molecule has 0 saturated carbocycles. The van der Waals surface area contributed by atoms with Crippen LogP contribution in [0.15, 0.2) is 77.7 Å². The Morgan fingerprint density at radius 2 is 1.74 bits per heavy atom. The van der Waals surface area contributed by atoms with Gasteiger partial charge in [-0.15, -0.1) is 0 Å². The molecule has 1 fully saturated rings. The van der Waals surface area contributed by atoms with Crippen LogP contribution in [0.1, 0.15) is 18.4 Å². The number of hydrogen-bond acceptors (Lipinski definition) is 5. The lowest BCUT2D eigenvalue weighted by Crippen LogP contribution is -2.42. The van der Waals surface area contributed by atoms with Gasteiger partial charge >= 0.3 is 0 Å². The smallest absolute Gasteiger partial charge is 0.295 e. The summed E-state index contributed by atoms with van der Waals surface area (Å²) < 4.78 is 1.69. The molecule has 172 valence electrons. The molecule has 0 atom stereocenters. The largest absolute Gasteiger partial charge is 0.352 e. The Labute approximate surface area is 202 Å². The number of hydrogen-bond donors (Lipinski definition) is 1. The topological polar surface area (TPSA) is 80.1 Å². The van der Waals surface area contributed by atoms with Gasteiger partial charge in [-0.25, -0.2) is 9.97 Å². The number of anilines is 2. The van der Waals surface area contributed by atoms with E-state index in [9.17, 15) is 9.59 Å². The Kier molecular flexibility index (Phi) is 6.27. The fraction of sp³-hybridized carbons (Fsp3) is 0.231. The zero-order valence-corrected chi connectivity index (χ0v) is 19.3. The maximum absolute atomic E-state index is 13.5. The summed E-state index contributed by atoms with van der Waals surface area (Å²) in [4.78, 5) is 37.3. The van der Waals surface area contributed by atoms with E-state index >= 15 is 0 Å². The van der Waals surface area contributed by atoms with Crippen molar-refractivity contribution in [1.29, 1.82) is 0 Å². The number of nitrogens with one attached hydrogen (secondary N) is 1. The van der Waals surface area contributed by atoms with E-state index in [1.165, 1.54) is 0 Å². The van der Waals surface area contributed by atoms with Crippen molar-refractivity contribution in [3.63, 3.8) is 0 Å². The summed E-state index contributed by atoms with van der Waals surface area (Å²) in [5, 5.41) is 3.59. The predicted molar refractivity (Wildman–Crippen MR) is 134 cm³/mol. The molecule has 4 aromatic rings. The van der Waals surface area contributed by atoms with Gasteiger partial charge in [0.25, 0.3) is 5.56 Å². The maximum Gasteiger partial charge on any atom is 0.295 e. The fourth-order valence-electron chi connectivity index (χ4n) is 4.31. The monoisotopic (exact) mass is 473 g/mol. The number of benzene rings is 2. The van der Waals surface area contributed by atoms with Crippen LogP contribution < -0.4 is 15.8 Å². The molecule has 1 aliphatic heterocycles. The van der Waals surface area contributed by atoms with Crippen LogP contribution >= 0.6 is 11.6 Å². The first-order valence-corrected chi connectivity index (χ1v) is 11.7. The SMILES string of the molecule is O=C(Nc1ccc(Cl)cc1)C1CCN(c2nc3cccnc3n(Cc3ccccc3)c2=O)CC1. The molecule has 0 unspecified atom stereocenters. The van der Waals surface area contributed by atoms with Crippen LogP contribution in [0.5, 0.6) is 0 Å². The van der Waals surface area contributed by atoms with E-state index in [1.807, 2.05) is 47.4 Å². The third-order valence-corrected chi connectivity index (χ3v) is 6.40. The molecule has 7 nitrogen and oxygen atoms in total. The molecule has 2 aromatic heterocycles. The quantitative estimate of drug-likeness (QED) is 0.466. The molecular weight excluding hydrogens is 450 g/mol. The minimum Gasteiger partial charge on any atom is -0.352 e. The summed E-state index contributed by atoms with van der Waals surface area (Å²) in [5.41, 5.74) is 2.82. The van der Waals surface area contributed by atoms with Crippen LogP contribution in [0.2, 0.25) is 5.02 Å². The highest BCUT2D eigenvalue weighted by atomic mass is 35.5. The zero-order chi connectivity index (χ0) is 23.5. The van der Waals surface area contributed by atoms with Crippen LogP contribution in [0.3, 0.4) is 0 Å². The van der Waals surface area contributed by atoms with Gasteiger partial charge in [-0.2, -0.15) is 0 Å². The van der Waals surface area contributed by atoms with Crippen LogP contribution in [0.25, 0.3) is 11.2 Å². The van der Waals surface area contributed by atoms with E-state index in [1.54, 1.807) is 35.0 Å². The molecule has 0 spiro atoms. The molecule has 34 heavy (non-hydrogen) atoms.